The summed E-state index contributed by atoms with van der Waals surface area (Å²) in [5.74, 6) is 1.32. The Morgan fingerprint density at radius 1 is 0.963 bits per heavy atom. The van der Waals surface area contributed by atoms with E-state index in [4.69, 9.17) is 0 Å². The summed E-state index contributed by atoms with van der Waals surface area (Å²) in [6.07, 6.45) is 0. The summed E-state index contributed by atoms with van der Waals surface area (Å²) in [6.45, 7) is 2.51. The molecule has 0 unspecified atom stereocenters. The van der Waals surface area contributed by atoms with Crippen LogP contribution in [0.1, 0.15) is 11.1 Å². The van der Waals surface area contributed by atoms with Crippen molar-refractivity contribution in [1.29, 1.82) is 0 Å². The molecule has 0 atom stereocenters. The standard InChI is InChI=1S/C20H23FN2O2S2/c1-15-6-8-17(9-7-15)23-20(25)14-27-13-19(24)22-10-11-26-12-16-4-2-3-5-18(16)21/h2-9H,10-14H2,1H3,(H,22,24)(H,23,25). The number of carbonyl (C=O) groups excluding carboxylic acids is 2. The second kappa shape index (κ2) is 11.7. The van der Waals surface area contributed by atoms with Gasteiger partial charge in [0.05, 0.1) is 11.5 Å². The second-order valence-corrected chi connectivity index (χ2v) is 7.99. The van der Waals surface area contributed by atoms with Crippen LogP contribution in [0.3, 0.4) is 0 Å². The SMILES string of the molecule is Cc1ccc(NC(=O)CSCC(=O)NCCSCc2ccccc2F)cc1. The molecule has 2 amide bonds. The highest BCUT2D eigenvalue weighted by atomic mass is 32.2. The Labute approximate surface area is 167 Å². The van der Waals surface area contributed by atoms with Crippen LogP contribution in [-0.2, 0) is 15.3 Å². The van der Waals surface area contributed by atoms with Crippen LogP contribution in [0.15, 0.2) is 48.5 Å². The summed E-state index contributed by atoms with van der Waals surface area (Å²) < 4.78 is 13.5. The molecule has 4 nitrogen and oxygen atoms in total. The van der Waals surface area contributed by atoms with E-state index in [0.29, 0.717) is 23.6 Å². The number of benzene rings is 2. The molecule has 0 saturated heterocycles. The summed E-state index contributed by atoms with van der Waals surface area (Å²) in [7, 11) is 0. The number of thioether (sulfide) groups is 2. The Kier molecular flexibility index (Phi) is 9.21. The number of anilines is 1. The molecule has 0 heterocycles. The second-order valence-electron chi connectivity index (χ2n) is 5.90. The van der Waals surface area contributed by atoms with Crippen LogP contribution in [-0.4, -0.2) is 35.6 Å². The van der Waals surface area contributed by atoms with Crippen molar-refractivity contribution in [2.75, 3.05) is 29.1 Å². The van der Waals surface area contributed by atoms with Crippen molar-refractivity contribution in [2.45, 2.75) is 12.7 Å². The van der Waals surface area contributed by atoms with Crippen molar-refractivity contribution >= 4 is 41.0 Å². The monoisotopic (exact) mass is 406 g/mol. The molecule has 0 spiro atoms. The number of rotatable bonds is 10. The Morgan fingerprint density at radius 2 is 1.67 bits per heavy atom. The molecule has 0 aliphatic carbocycles. The minimum atomic E-state index is -0.200. The van der Waals surface area contributed by atoms with E-state index in [1.165, 1.54) is 17.8 Å². The lowest BCUT2D eigenvalue weighted by atomic mass is 10.2. The molecule has 2 N–H and O–H groups in total. The first-order valence-corrected chi connectivity index (χ1v) is 10.9. The summed E-state index contributed by atoms with van der Waals surface area (Å²) >= 11 is 2.84. The van der Waals surface area contributed by atoms with Gasteiger partial charge >= 0.3 is 0 Å². The average Bonchev–Trinajstić information content (AvgIpc) is 2.65. The van der Waals surface area contributed by atoms with Gasteiger partial charge in [-0.25, -0.2) is 4.39 Å². The Morgan fingerprint density at radius 3 is 2.41 bits per heavy atom. The van der Waals surface area contributed by atoms with Crippen LogP contribution in [0, 0.1) is 12.7 Å². The summed E-state index contributed by atoms with van der Waals surface area (Å²) in [4.78, 5) is 23.6. The third-order valence-corrected chi connectivity index (χ3v) is 5.53. The zero-order chi connectivity index (χ0) is 19.5. The first kappa shape index (κ1) is 21.3. The molecule has 2 aromatic carbocycles. The Bertz CT molecular complexity index is 754. The van der Waals surface area contributed by atoms with E-state index in [1.54, 1.807) is 23.9 Å². The highest BCUT2D eigenvalue weighted by molar-refractivity contribution is 8.00. The minimum Gasteiger partial charge on any atom is -0.355 e. The van der Waals surface area contributed by atoms with E-state index >= 15 is 0 Å². The first-order chi connectivity index (χ1) is 13.0. The number of carbonyl (C=O) groups is 2. The van der Waals surface area contributed by atoms with Crippen molar-refractivity contribution < 1.29 is 14.0 Å². The summed E-state index contributed by atoms with van der Waals surface area (Å²) in [5.41, 5.74) is 2.55. The smallest absolute Gasteiger partial charge is 0.234 e. The van der Waals surface area contributed by atoms with E-state index in [9.17, 15) is 14.0 Å². The predicted molar refractivity (Wildman–Crippen MR) is 113 cm³/mol. The summed E-state index contributed by atoms with van der Waals surface area (Å²) in [6, 6.07) is 14.3. The molecule has 0 fully saturated rings. The number of hydrogen-bond donors (Lipinski definition) is 2. The van der Waals surface area contributed by atoms with Crippen LogP contribution in [0.25, 0.3) is 0 Å². The van der Waals surface area contributed by atoms with Gasteiger partial charge in [-0.05, 0) is 30.7 Å². The lowest BCUT2D eigenvalue weighted by Crippen LogP contribution is -2.28. The van der Waals surface area contributed by atoms with Crippen molar-refractivity contribution in [3.05, 3.63) is 65.5 Å². The number of aryl methyl sites for hydroxylation is 1. The molecular weight excluding hydrogens is 383 g/mol. The molecule has 0 aromatic heterocycles. The molecule has 0 bridgehead atoms. The van der Waals surface area contributed by atoms with Crippen LogP contribution in [0.5, 0.6) is 0 Å². The molecule has 0 saturated carbocycles. The highest BCUT2D eigenvalue weighted by Crippen LogP contribution is 2.14. The quantitative estimate of drug-likeness (QED) is 0.589. The number of halogens is 1. The van der Waals surface area contributed by atoms with Gasteiger partial charge in [-0.15, -0.1) is 11.8 Å². The largest absolute Gasteiger partial charge is 0.355 e. The van der Waals surface area contributed by atoms with Crippen LogP contribution in [0.4, 0.5) is 10.1 Å². The minimum absolute atomic E-state index is 0.102. The van der Waals surface area contributed by atoms with Crippen molar-refractivity contribution in [3.8, 4) is 0 Å². The molecule has 144 valence electrons. The third kappa shape index (κ3) is 8.49. The fourth-order valence-corrected chi connectivity index (χ4v) is 3.67. The summed E-state index contributed by atoms with van der Waals surface area (Å²) in [5, 5.41) is 5.60. The maximum absolute atomic E-state index is 13.5. The van der Waals surface area contributed by atoms with Crippen molar-refractivity contribution in [1.82, 2.24) is 5.32 Å². The molecule has 2 rings (SSSR count). The Hall–Kier alpha value is -1.99. The first-order valence-electron chi connectivity index (χ1n) is 8.56. The van der Waals surface area contributed by atoms with Gasteiger partial charge in [0.15, 0.2) is 0 Å². The van der Waals surface area contributed by atoms with E-state index in [1.807, 2.05) is 37.3 Å². The zero-order valence-corrected chi connectivity index (χ0v) is 16.8. The van der Waals surface area contributed by atoms with Gasteiger partial charge in [-0.1, -0.05) is 35.9 Å². The molecular formula is C20H23FN2O2S2. The Balaban J connectivity index is 1.52. The number of nitrogens with one attached hydrogen (secondary N) is 2. The van der Waals surface area contributed by atoms with Crippen LogP contribution < -0.4 is 10.6 Å². The zero-order valence-electron chi connectivity index (χ0n) is 15.2. The lowest BCUT2D eigenvalue weighted by Gasteiger charge is -2.07. The van der Waals surface area contributed by atoms with E-state index in [0.717, 1.165) is 11.3 Å². The van der Waals surface area contributed by atoms with Crippen LogP contribution >= 0.6 is 23.5 Å². The van der Waals surface area contributed by atoms with Crippen molar-refractivity contribution in [3.63, 3.8) is 0 Å². The average molecular weight is 407 g/mol. The van der Waals surface area contributed by atoms with E-state index in [2.05, 4.69) is 10.6 Å². The van der Waals surface area contributed by atoms with Gasteiger partial charge in [0.25, 0.3) is 0 Å². The van der Waals surface area contributed by atoms with E-state index in [-0.39, 0.29) is 29.1 Å². The van der Waals surface area contributed by atoms with Gasteiger partial charge < -0.3 is 10.6 Å². The van der Waals surface area contributed by atoms with Crippen LogP contribution in [0.2, 0.25) is 0 Å². The lowest BCUT2D eigenvalue weighted by molar-refractivity contribution is -0.118. The highest BCUT2D eigenvalue weighted by Gasteiger charge is 2.06. The maximum atomic E-state index is 13.5. The van der Waals surface area contributed by atoms with Gasteiger partial charge in [-0.3, -0.25) is 9.59 Å². The molecule has 0 aliphatic heterocycles. The fraction of sp³-hybridized carbons (Fsp3) is 0.300. The molecule has 0 aliphatic rings. The van der Waals surface area contributed by atoms with E-state index < -0.39 is 0 Å². The van der Waals surface area contributed by atoms with Gasteiger partial charge in [0.2, 0.25) is 11.8 Å². The third-order valence-electron chi connectivity index (χ3n) is 3.59. The molecule has 7 heteroatoms. The van der Waals surface area contributed by atoms with Crippen molar-refractivity contribution in [2.24, 2.45) is 0 Å². The number of hydrogen-bond acceptors (Lipinski definition) is 4. The molecule has 2 aromatic rings. The molecule has 27 heavy (non-hydrogen) atoms. The predicted octanol–water partition coefficient (Wildman–Crippen LogP) is 3.86. The van der Waals surface area contributed by atoms with Gasteiger partial charge in [-0.2, -0.15) is 11.8 Å². The molecule has 0 radical (unpaired) electrons. The van der Waals surface area contributed by atoms with Gasteiger partial charge in [0.1, 0.15) is 5.82 Å². The topological polar surface area (TPSA) is 58.2 Å². The normalized spacial score (nSPS) is 10.4. The number of amides is 2. The fourth-order valence-electron chi connectivity index (χ4n) is 2.18. The maximum Gasteiger partial charge on any atom is 0.234 e. The van der Waals surface area contributed by atoms with Gasteiger partial charge in [0, 0.05) is 23.7 Å².